The van der Waals surface area contributed by atoms with E-state index in [1.54, 1.807) is 0 Å². The van der Waals surface area contributed by atoms with Crippen LogP contribution in [0, 0.1) is 0 Å². The summed E-state index contributed by atoms with van der Waals surface area (Å²) in [5.41, 5.74) is 3.62. The van der Waals surface area contributed by atoms with Crippen molar-refractivity contribution in [2.45, 2.75) is 18.4 Å². The summed E-state index contributed by atoms with van der Waals surface area (Å²) in [6.07, 6.45) is 1.70. The van der Waals surface area contributed by atoms with Gasteiger partial charge in [0.15, 0.2) is 0 Å². The highest BCUT2D eigenvalue weighted by Crippen LogP contribution is 2.43. The maximum Gasteiger partial charge on any atom is 0.130 e. The van der Waals surface area contributed by atoms with Crippen molar-refractivity contribution in [2.75, 3.05) is 0 Å². The second-order valence-corrected chi connectivity index (χ2v) is 5.66. The van der Waals surface area contributed by atoms with E-state index in [0.717, 1.165) is 24.1 Å². The third kappa shape index (κ3) is 1.43. The smallest absolute Gasteiger partial charge is 0.130 e. The molecule has 1 atom stereocenters. The normalized spacial score (nSPS) is 21.3. The first kappa shape index (κ1) is 11.7. The predicted molar refractivity (Wildman–Crippen MR) is 80.7 cm³/mol. The molecule has 100 valence electrons. The van der Waals surface area contributed by atoms with Gasteiger partial charge in [0.1, 0.15) is 5.60 Å². The predicted octanol–water partition coefficient (Wildman–Crippen LogP) is 3.36. The van der Waals surface area contributed by atoms with Crippen LogP contribution in [0.2, 0.25) is 0 Å². The average molecular weight is 263 g/mol. The van der Waals surface area contributed by atoms with Crippen LogP contribution >= 0.6 is 0 Å². The lowest BCUT2D eigenvalue weighted by molar-refractivity contribution is 0.0756. The van der Waals surface area contributed by atoms with Crippen molar-refractivity contribution in [3.8, 4) is 0 Å². The Morgan fingerprint density at radius 1 is 1.05 bits per heavy atom. The molecular weight excluding hydrogens is 246 g/mol. The Bertz CT molecular complexity index is 802. The van der Waals surface area contributed by atoms with Crippen LogP contribution in [-0.2, 0) is 19.1 Å². The number of aromatic nitrogens is 1. The van der Waals surface area contributed by atoms with Crippen LogP contribution in [0.3, 0.4) is 0 Å². The molecule has 4 rings (SSSR count). The van der Waals surface area contributed by atoms with Crippen molar-refractivity contribution in [3.63, 3.8) is 0 Å². The van der Waals surface area contributed by atoms with Crippen molar-refractivity contribution in [1.82, 2.24) is 4.57 Å². The van der Waals surface area contributed by atoms with Crippen LogP contribution in [0.5, 0.6) is 0 Å². The maximum absolute atomic E-state index is 11.3. The molecule has 0 amide bonds. The zero-order chi connectivity index (χ0) is 13.7. The topological polar surface area (TPSA) is 25.2 Å². The summed E-state index contributed by atoms with van der Waals surface area (Å²) in [5.74, 6) is 0. The Morgan fingerprint density at radius 2 is 1.80 bits per heavy atom. The summed E-state index contributed by atoms with van der Waals surface area (Å²) in [5, 5.41) is 12.5. The molecule has 0 bridgehead atoms. The van der Waals surface area contributed by atoms with E-state index in [9.17, 15) is 5.11 Å². The minimum absolute atomic E-state index is 0.760. The second kappa shape index (κ2) is 3.97. The number of rotatable bonds is 1. The van der Waals surface area contributed by atoms with E-state index in [4.69, 9.17) is 0 Å². The first-order valence-corrected chi connectivity index (χ1v) is 7.06. The third-order valence-electron chi connectivity index (χ3n) is 4.59. The molecular formula is C18H17NO. The standard InChI is InChI=1S/C18H17NO/c1-19-16-9-5-3-7-14(16)12-17(19)18(20)11-10-13-6-2-4-8-15(13)18/h2-9,12,20H,10-11H2,1H3. The number of aliphatic hydroxyl groups is 1. The highest BCUT2D eigenvalue weighted by molar-refractivity contribution is 5.81. The lowest BCUT2D eigenvalue weighted by atomic mass is 9.92. The Balaban J connectivity index is 1.98. The number of aryl methyl sites for hydroxylation is 2. The molecule has 1 unspecified atom stereocenters. The van der Waals surface area contributed by atoms with Crippen molar-refractivity contribution in [2.24, 2.45) is 7.05 Å². The minimum atomic E-state index is -0.857. The highest BCUT2D eigenvalue weighted by Gasteiger charge is 2.40. The molecule has 20 heavy (non-hydrogen) atoms. The van der Waals surface area contributed by atoms with Gasteiger partial charge in [-0.15, -0.1) is 0 Å². The molecule has 1 aliphatic carbocycles. The molecule has 1 heterocycles. The summed E-state index contributed by atoms with van der Waals surface area (Å²) in [6, 6.07) is 18.6. The number of para-hydroxylation sites is 1. The maximum atomic E-state index is 11.3. The molecule has 0 saturated carbocycles. The number of hydrogen-bond acceptors (Lipinski definition) is 1. The van der Waals surface area contributed by atoms with Gasteiger partial charge in [-0.3, -0.25) is 0 Å². The molecule has 2 heteroatoms. The molecule has 3 aromatic rings. The van der Waals surface area contributed by atoms with Crippen LogP contribution in [0.15, 0.2) is 54.6 Å². The van der Waals surface area contributed by atoms with Gasteiger partial charge < -0.3 is 9.67 Å². The molecule has 0 spiro atoms. The summed E-state index contributed by atoms with van der Waals surface area (Å²) in [4.78, 5) is 0. The fourth-order valence-corrected chi connectivity index (χ4v) is 3.54. The van der Waals surface area contributed by atoms with Crippen LogP contribution in [-0.4, -0.2) is 9.67 Å². The Hall–Kier alpha value is -2.06. The molecule has 0 aliphatic heterocycles. The largest absolute Gasteiger partial charge is 0.379 e. The lowest BCUT2D eigenvalue weighted by Gasteiger charge is -2.25. The Morgan fingerprint density at radius 3 is 2.65 bits per heavy atom. The van der Waals surface area contributed by atoms with E-state index in [1.807, 2.05) is 31.3 Å². The summed E-state index contributed by atoms with van der Waals surface area (Å²) in [7, 11) is 2.04. The van der Waals surface area contributed by atoms with E-state index < -0.39 is 5.60 Å². The average Bonchev–Trinajstić information content (AvgIpc) is 3.00. The molecule has 0 saturated heterocycles. The van der Waals surface area contributed by atoms with Gasteiger partial charge in [-0.25, -0.2) is 0 Å². The van der Waals surface area contributed by atoms with Gasteiger partial charge >= 0.3 is 0 Å². The number of fused-ring (bicyclic) bond motifs is 2. The zero-order valence-corrected chi connectivity index (χ0v) is 11.5. The van der Waals surface area contributed by atoms with Crippen molar-refractivity contribution < 1.29 is 5.11 Å². The van der Waals surface area contributed by atoms with Crippen LogP contribution in [0.25, 0.3) is 10.9 Å². The van der Waals surface area contributed by atoms with Crippen molar-refractivity contribution in [3.05, 3.63) is 71.4 Å². The van der Waals surface area contributed by atoms with Crippen LogP contribution in [0.4, 0.5) is 0 Å². The van der Waals surface area contributed by atoms with E-state index >= 15 is 0 Å². The number of nitrogens with zero attached hydrogens (tertiary/aromatic N) is 1. The van der Waals surface area contributed by atoms with E-state index in [-0.39, 0.29) is 0 Å². The van der Waals surface area contributed by atoms with Gasteiger partial charge in [0.2, 0.25) is 0 Å². The van der Waals surface area contributed by atoms with Crippen LogP contribution < -0.4 is 0 Å². The van der Waals surface area contributed by atoms with Gasteiger partial charge in [0, 0.05) is 12.6 Å². The number of hydrogen-bond donors (Lipinski definition) is 1. The highest BCUT2D eigenvalue weighted by atomic mass is 16.3. The van der Waals surface area contributed by atoms with Crippen LogP contribution in [0.1, 0.15) is 23.2 Å². The molecule has 1 aromatic heterocycles. The quantitative estimate of drug-likeness (QED) is 0.715. The van der Waals surface area contributed by atoms with E-state index in [2.05, 4.69) is 34.9 Å². The lowest BCUT2D eigenvalue weighted by Crippen LogP contribution is -2.26. The molecule has 1 N–H and O–H groups in total. The first-order valence-electron chi connectivity index (χ1n) is 7.06. The van der Waals surface area contributed by atoms with E-state index in [0.29, 0.717) is 0 Å². The van der Waals surface area contributed by atoms with E-state index in [1.165, 1.54) is 16.5 Å². The minimum Gasteiger partial charge on any atom is -0.379 e. The van der Waals surface area contributed by atoms with Gasteiger partial charge in [-0.2, -0.15) is 0 Å². The molecule has 2 nitrogen and oxygen atoms in total. The molecule has 2 aromatic carbocycles. The number of benzene rings is 2. The third-order valence-corrected chi connectivity index (χ3v) is 4.59. The van der Waals surface area contributed by atoms with Crippen molar-refractivity contribution in [1.29, 1.82) is 0 Å². The fourth-order valence-electron chi connectivity index (χ4n) is 3.54. The molecule has 1 aliphatic rings. The zero-order valence-electron chi connectivity index (χ0n) is 11.5. The first-order chi connectivity index (χ1) is 9.70. The summed E-state index contributed by atoms with van der Waals surface area (Å²) in [6.45, 7) is 0. The monoisotopic (exact) mass is 263 g/mol. The molecule has 0 fully saturated rings. The Kier molecular flexibility index (Phi) is 2.33. The van der Waals surface area contributed by atoms with Crippen molar-refractivity contribution >= 4 is 10.9 Å². The summed E-state index contributed by atoms with van der Waals surface area (Å²) >= 11 is 0. The van der Waals surface area contributed by atoms with Gasteiger partial charge in [0.25, 0.3) is 0 Å². The van der Waals surface area contributed by atoms with Gasteiger partial charge in [-0.1, -0.05) is 42.5 Å². The fraction of sp³-hybridized carbons (Fsp3) is 0.222. The van der Waals surface area contributed by atoms with Gasteiger partial charge in [0.05, 0.1) is 5.69 Å². The van der Waals surface area contributed by atoms with Gasteiger partial charge in [-0.05, 0) is 41.5 Å². The second-order valence-electron chi connectivity index (χ2n) is 5.66. The Labute approximate surface area is 118 Å². The SMILES string of the molecule is Cn1c(C2(O)CCc3ccccc32)cc2ccccc21. The molecule has 0 radical (unpaired) electrons. The summed E-state index contributed by atoms with van der Waals surface area (Å²) < 4.78 is 2.12.